The van der Waals surface area contributed by atoms with Crippen LogP contribution >= 0.6 is 22.9 Å². The van der Waals surface area contributed by atoms with E-state index < -0.39 is 6.10 Å². The summed E-state index contributed by atoms with van der Waals surface area (Å²) in [5.41, 5.74) is 0.976. The van der Waals surface area contributed by atoms with Crippen LogP contribution in [0.4, 0.5) is 0 Å². The van der Waals surface area contributed by atoms with Crippen molar-refractivity contribution in [2.24, 2.45) is 0 Å². The van der Waals surface area contributed by atoms with Crippen molar-refractivity contribution in [3.8, 4) is 5.75 Å². The molecule has 1 heterocycles. The first-order valence-electron chi connectivity index (χ1n) is 7.39. The highest BCUT2D eigenvalue weighted by molar-refractivity contribution is 7.16. The summed E-state index contributed by atoms with van der Waals surface area (Å²) >= 11 is 7.48. The van der Waals surface area contributed by atoms with Gasteiger partial charge in [0.1, 0.15) is 5.75 Å². The van der Waals surface area contributed by atoms with Crippen LogP contribution < -0.4 is 4.74 Å². The number of para-hydroxylation sites is 1. The van der Waals surface area contributed by atoms with E-state index in [1.54, 1.807) is 18.4 Å². The highest BCUT2D eigenvalue weighted by Gasteiger charge is 2.11. The number of hydrogen-bond acceptors (Lipinski definition) is 5. The molecule has 126 valence electrons. The highest BCUT2D eigenvalue weighted by Crippen LogP contribution is 2.22. The van der Waals surface area contributed by atoms with E-state index in [1.807, 2.05) is 43.4 Å². The molecule has 0 aliphatic carbocycles. The van der Waals surface area contributed by atoms with Crippen LogP contribution in [0, 0.1) is 0 Å². The Labute approximate surface area is 146 Å². The highest BCUT2D eigenvalue weighted by atomic mass is 35.5. The lowest BCUT2D eigenvalue weighted by molar-refractivity contribution is 0.0123. The van der Waals surface area contributed by atoms with Crippen LogP contribution in [0.1, 0.15) is 10.4 Å². The van der Waals surface area contributed by atoms with Crippen molar-refractivity contribution in [3.05, 3.63) is 51.2 Å². The minimum absolute atomic E-state index is 0.285. The summed E-state index contributed by atoms with van der Waals surface area (Å²) in [5.74, 6) is 0.800. The summed E-state index contributed by atoms with van der Waals surface area (Å²) in [6, 6.07) is 11.6. The van der Waals surface area contributed by atoms with Gasteiger partial charge in [0.2, 0.25) is 0 Å². The van der Waals surface area contributed by atoms with Crippen molar-refractivity contribution >= 4 is 22.9 Å². The molecule has 0 saturated heterocycles. The number of nitrogens with zero attached hydrogens (tertiary/aromatic N) is 1. The van der Waals surface area contributed by atoms with Gasteiger partial charge in [-0.25, -0.2) is 0 Å². The average Bonchev–Trinajstić information content (AvgIpc) is 2.92. The number of benzene rings is 1. The van der Waals surface area contributed by atoms with Crippen molar-refractivity contribution in [1.29, 1.82) is 0 Å². The third-order valence-electron chi connectivity index (χ3n) is 3.34. The number of thiophene rings is 1. The SMILES string of the molecule is COc1ccccc1COCC(O)CN(C)Cc1ccc(Cl)s1. The zero-order valence-electron chi connectivity index (χ0n) is 13.4. The first kappa shape index (κ1) is 18.2. The predicted molar refractivity (Wildman–Crippen MR) is 94.3 cm³/mol. The zero-order valence-corrected chi connectivity index (χ0v) is 14.9. The number of rotatable bonds is 9. The second kappa shape index (κ2) is 9.25. The van der Waals surface area contributed by atoms with E-state index in [4.69, 9.17) is 21.1 Å². The Morgan fingerprint density at radius 3 is 2.74 bits per heavy atom. The van der Waals surface area contributed by atoms with Gasteiger partial charge in [0.15, 0.2) is 0 Å². The molecule has 1 N–H and O–H groups in total. The van der Waals surface area contributed by atoms with E-state index in [0.717, 1.165) is 22.2 Å². The molecule has 0 saturated carbocycles. The Hall–Kier alpha value is -1.11. The van der Waals surface area contributed by atoms with Crippen molar-refractivity contribution in [2.75, 3.05) is 27.3 Å². The fourth-order valence-corrected chi connectivity index (χ4v) is 3.47. The average molecular weight is 356 g/mol. The van der Waals surface area contributed by atoms with Gasteiger partial charge in [-0.15, -0.1) is 11.3 Å². The van der Waals surface area contributed by atoms with Crippen LogP contribution in [0.15, 0.2) is 36.4 Å². The lowest BCUT2D eigenvalue weighted by Gasteiger charge is -2.20. The Balaban J connectivity index is 1.71. The fourth-order valence-electron chi connectivity index (χ4n) is 2.31. The summed E-state index contributed by atoms with van der Waals surface area (Å²) in [5, 5.41) is 10.1. The molecule has 1 unspecified atom stereocenters. The zero-order chi connectivity index (χ0) is 16.7. The van der Waals surface area contributed by atoms with Gasteiger partial charge in [-0.2, -0.15) is 0 Å². The first-order valence-corrected chi connectivity index (χ1v) is 8.58. The molecule has 0 bridgehead atoms. The number of hydrogen-bond donors (Lipinski definition) is 1. The third kappa shape index (κ3) is 6.12. The van der Waals surface area contributed by atoms with Crippen LogP contribution in [0.5, 0.6) is 5.75 Å². The van der Waals surface area contributed by atoms with Crippen molar-refractivity contribution in [3.63, 3.8) is 0 Å². The van der Waals surface area contributed by atoms with Crippen molar-refractivity contribution < 1.29 is 14.6 Å². The lowest BCUT2D eigenvalue weighted by atomic mass is 10.2. The minimum atomic E-state index is -0.537. The van der Waals surface area contributed by atoms with Gasteiger partial charge in [0.25, 0.3) is 0 Å². The molecule has 1 atom stereocenters. The van der Waals surface area contributed by atoms with E-state index in [1.165, 1.54) is 4.88 Å². The Bertz CT molecular complexity index is 605. The number of aliphatic hydroxyl groups is 1. The van der Waals surface area contributed by atoms with Gasteiger partial charge in [-0.1, -0.05) is 29.8 Å². The van der Waals surface area contributed by atoms with Crippen LogP contribution in [-0.2, 0) is 17.9 Å². The Morgan fingerprint density at radius 1 is 1.26 bits per heavy atom. The molecule has 6 heteroatoms. The topological polar surface area (TPSA) is 41.9 Å². The second-order valence-electron chi connectivity index (χ2n) is 5.38. The first-order chi connectivity index (χ1) is 11.1. The third-order valence-corrected chi connectivity index (χ3v) is 4.55. The van der Waals surface area contributed by atoms with Crippen molar-refractivity contribution in [1.82, 2.24) is 4.90 Å². The molecule has 0 radical (unpaired) electrons. The molecular formula is C17H22ClNO3S. The molecule has 2 rings (SSSR count). The van der Waals surface area contributed by atoms with E-state index in [9.17, 15) is 5.11 Å². The number of methoxy groups -OCH3 is 1. The second-order valence-corrected chi connectivity index (χ2v) is 7.18. The lowest BCUT2D eigenvalue weighted by Crippen LogP contribution is -2.31. The minimum Gasteiger partial charge on any atom is -0.496 e. The fraction of sp³-hybridized carbons (Fsp3) is 0.412. The monoisotopic (exact) mass is 355 g/mol. The summed E-state index contributed by atoms with van der Waals surface area (Å²) in [6.45, 7) is 2.02. The van der Waals surface area contributed by atoms with Crippen LogP contribution in [0.25, 0.3) is 0 Å². The van der Waals surface area contributed by atoms with Crippen LogP contribution in [0.3, 0.4) is 0 Å². The van der Waals surface area contributed by atoms with Crippen molar-refractivity contribution in [2.45, 2.75) is 19.3 Å². The molecule has 0 amide bonds. The van der Waals surface area contributed by atoms with Crippen LogP contribution in [-0.4, -0.2) is 43.4 Å². The molecule has 4 nitrogen and oxygen atoms in total. The number of ether oxygens (including phenoxy) is 2. The number of halogens is 1. The predicted octanol–water partition coefficient (Wildman–Crippen LogP) is 3.42. The van der Waals surface area contributed by atoms with Gasteiger partial charge in [0, 0.05) is 23.5 Å². The summed E-state index contributed by atoms with van der Waals surface area (Å²) in [6.07, 6.45) is -0.537. The molecule has 0 fully saturated rings. The molecule has 1 aromatic heterocycles. The number of aliphatic hydroxyl groups excluding tert-OH is 1. The standard InChI is InChI=1S/C17H22ClNO3S/c1-19(10-15-7-8-17(18)23-15)9-14(20)12-22-11-13-5-3-4-6-16(13)21-2/h3-8,14,20H,9-12H2,1-2H3. The molecule has 0 spiro atoms. The van der Waals surface area contributed by atoms with Gasteiger partial charge in [0.05, 0.1) is 30.8 Å². The van der Waals surface area contributed by atoms with E-state index >= 15 is 0 Å². The van der Waals surface area contributed by atoms with E-state index in [0.29, 0.717) is 13.2 Å². The summed E-state index contributed by atoms with van der Waals surface area (Å²) in [4.78, 5) is 3.24. The normalized spacial score (nSPS) is 12.6. The van der Waals surface area contributed by atoms with Gasteiger partial charge in [-0.05, 0) is 25.2 Å². The molecule has 0 aliphatic heterocycles. The van der Waals surface area contributed by atoms with Gasteiger partial charge in [-0.3, -0.25) is 4.90 Å². The van der Waals surface area contributed by atoms with Crippen LogP contribution in [0.2, 0.25) is 4.34 Å². The van der Waals surface area contributed by atoms with Gasteiger partial charge < -0.3 is 14.6 Å². The summed E-state index contributed by atoms with van der Waals surface area (Å²) < 4.78 is 11.7. The molecule has 1 aromatic carbocycles. The molecular weight excluding hydrogens is 334 g/mol. The maximum Gasteiger partial charge on any atom is 0.124 e. The maximum atomic E-state index is 10.1. The quantitative estimate of drug-likeness (QED) is 0.748. The Morgan fingerprint density at radius 2 is 2.04 bits per heavy atom. The Kier molecular flexibility index (Phi) is 7.33. The largest absolute Gasteiger partial charge is 0.496 e. The van der Waals surface area contributed by atoms with E-state index in [2.05, 4.69) is 4.90 Å². The van der Waals surface area contributed by atoms with E-state index in [-0.39, 0.29) is 6.61 Å². The summed E-state index contributed by atoms with van der Waals surface area (Å²) in [7, 11) is 3.61. The molecule has 2 aromatic rings. The smallest absolute Gasteiger partial charge is 0.124 e. The molecule has 23 heavy (non-hydrogen) atoms. The van der Waals surface area contributed by atoms with Gasteiger partial charge >= 0.3 is 0 Å². The molecule has 0 aliphatic rings. The maximum absolute atomic E-state index is 10.1. The number of likely N-dealkylation sites (N-methyl/N-ethyl adjacent to an activating group) is 1.